The van der Waals surface area contributed by atoms with E-state index in [0.29, 0.717) is 24.4 Å². The van der Waals surface area contributed by atoms with Crippen LogP contribution in [0, 0.1) is 12.7 Å². The monoisotopic (exact) mass is 249 g/mol. The summed E-state index contributed by atoms with van der Waals surface area (Å²) in [5, 5.41) is 2.69. The molecule has 96 valence electrons. The lowest BCUT2D eigenvalue weighted by Crippen LogP contribution is -2.35. The number of benzene rings is 1. The van der Waals surface area contributed by atoms with Crippen LogP contribution in [0.25, 0.3) is 11.0 Å². The molecule has 1 N–H and O–H groups in total. The van der Waals surface area contributed by atoms with E-state index in [4.69, 9.17) is 0 Å². The van der Waals surface area contributed by atoms with Crippen LogP contribution >= 0.6 is 0 Å². The van der Waals surface area contributed by atoms with E-state index < -0.39 is 0 Å². The maximum Gasteiger partial charge on any atom is 0.287 e. The SMILES string of the molecule is CC.Cc1cc(F)c2nc3n(c2c1)CCNC3=O. The molecule has 1 aliphatic heterocycles. The number of hydrogen-bond donors (Lipinski definition) is 1. The van der Waals surface area contributed by atoms with E-state index in [9.17, 15) is 9.18 Å². The second-order valence-electron chi connectivity index (χ2n) is 3.96. The molecule has 2 aromatic rings. The lowest BCUT2D eigenvalue weighted by Gasteiger charge is -2.14. The highest BCUT2D eigenvalue weighted by Gasteiger charge is 2.22. The van der Waals surface area contributed by atoms with E-state index in [1.54, 1.807) is 4.57 Å². The Morgan fingerprint density at radius 2 is 2.11 bits per heavy atom. The highest BCUT2D eigenvalue weighted by Crippen LogP contribution is 2.22. The first-order valence-corrected chi connectivity index (χ1v) is 6.11. The van der Waals surface area contributed by atoms with E-state index in [0.717, 1.165) is 5.56 Å². The number of fused-ring (bicyclic) bond motifs is 3. The number of rotatable bonds is 0. The van der Waals surface area contributed by atoms with Gasteiger partial charge in [0.25, 0.3) is 5.91 Å². The van der Waals surface area contributed by atoms with Crippen LogP contribution in [0.5, 0.6) is 0 Å². The number of aromatic nitrogens is 2. The second kappa shape index (κ2) is 4.76. The van der Waals surface area contributed by atoms with Crippen LogP contribution in [0.2, 0.25) is 0 Å². The Kier molecular flexibility index (Phi) is 3.32. The van der Waals surface area contributed by atoms with Crippen molar-refractivity contribution < 1.29 is 9.18 Å². The summed E-state index contributed by atoms with van der Waals surface area (Å²) in [7, 11) is 0. The molecule has 0 saturated carbocycles. The number of hydrogen-bond acceptors (Lipinski definition) is 2. The van der Waals surface area contributed by atoms with Crippen molar-refractivity contribution in [3.63, 3.8) is 0 Å². The molecule has 0 bridgehead atoms. The van der Waals surface area contributed by atoms with Gasteiger partial charge in [-0.3, -0.25) is 4.79 Å². The second-order valence-corrected chi connectivity index (χ2v) is 3.96. The van der Waals surface area contributed by atoms with Crippen molar-refractivity contribution >= 4 is 16.9 Å². The Hall–Kier alpha value is -1.91. The number of carbonyl (C=O) groups is 1. The van der Waals surface area contributed by atoms with Crippen molar-refractivity contribution in [2.75, 3.05) is 6.54 Å². The third kappa shape index (κ3) is 1.85. The highest BCUT2D eigenvalue weighted by atomic mass is 19.1. The van der Waals surface area contributed by atoms with Crippen LogP contribution in [0.3, 0.4) is 0 Å². The van der Waals surface area contributed by atoms with Crippen LogP contribution in [0.15, 0.2) is 12.1 Å². The number of aryl methyl sites for hydroxylation is 1. The van der Waals surface area contributed by atoms with Gasteiger partial charge in [0.1, 0.15) is 5.52 Å². The van der Waals surface area contributed by atoms with Crippen molar-refractivity contribution in [2.45, 2.75) is 27.3 Å². The van der Waals surface area contributed by atoms with E-state index in [-0.39, 0.29) is 17.2 Å². The number of halogens is 1. The summed E-state index contributed by atoms with van der Waals surface area (Å²) in [6, 6.07) is 3.28. The molecular weight excluding hydrogens is 233 g/mol. The summed E-state index contributed by atoms with van der Waals surface area (Å²) >= 11 is 0. The van der Waals surface area contributed by atoms with Gasteiger partial charge in [0, 0.05) is 13.1 Å². The quantitative estimate of drug-likeness (QED) is 0.778. The average Bonchev–Trinajstić information content (AvgIpc) is 2.73. The molecule has 0 saturated heterocycles. The highest BCUT2D eigenvalue weighted by molar-refractivity contribution is 5.95. The molecule has 1 amide bonds. The van der Waals surface area contributed by atoms with Gasteiger partial charge < -0.3 is 9.88 Å². The van der Waals surface area contributed by atoms with Gasteiger partial charge in [0.05, 0.1) is 5.52 Å². The number of nitrogens with one attached hydrogen (secondary N) is 1. The topological polar surface area (TPSA) is 46.9 Å². The Labute approximate surface area is 105 Å². The predicted octanol–water partition coefficient (Wildman–Crippen LogP) is 2.25. The summed E-state index contributed by atoms with van der Waals surface area (Å²) in [4.78, 5) is 15.6. The van der Waals surface area contributed by atoms with Gasteiger partial charge in [-0.05, 0) is 24.6 Å². The van der Waals surface area contributed by atoms with Crippen LogP contribution in [-0.2, 0) is 6.54 Å². The van der Waals surface area contributed by atoms with Gasteiger partial charge in [-0.1, -0.05) is 13.8 Å². The zero-order valence-electron chi connectivity index (χ0n) is 10.7. The van der Waals surface area contributed by atoms with Gasteiger partial charge in [-0.2, -0.15) is 0 Å². The van der Waals surface area contributed by atoms with Crippen molar-refractivity contribution in [3.05, 3.63) is 29.3 Å². The maximum atomic E-state index is 13.7. The maximum absolute atomic E-state index is 13.7. The van der Waals surface area contributed by atoms with Crippen molar-refractivity contribution in [3.8, 4) is 0 Å². The molecule has 0 spiro atoms. The number of carbonyl (C=O) groups excluding carboxylic acids is 1. The Morgan fingerprint density at radius 1 is 1.39 bits per heavy atom. The molecule has 18 heavy (non-hydrogen) atoms. The summed E-state index contributed by atoms with van der Waals surface area (Å²) in [6.07, 6.45) is 0. The van der Waals surface area contributed by atoms with E-state index >= 15 is 0 Å². The summed E-state index contributed by atoms with van der Waals surface area (Å²) in [5.74, 6) is -0.310. The fourth-order valence-corrected chi connectivity index (χ4v) is 2.07. The van der Waals surface area contributed by atoms with Crippen molar-refractivity contribution in [1.29, 1.82) is 0 Å². The van der Waals surface area contributed by atoms with Crippen LogP contribution in [0.1, 0.15) is 30.0 Å². The third-order valence-corrected chi connectivity index (χ3v) is 2.78. The Bertz CT molecular complexity index is 604. The molecule has 5 heteroatoms. The zero-order valence-corrected chi connectivity index (χ0v) is 10.7. The standard InChI is InChI=1S/C11H10FN3O.C2H6/c1-6-4-7(12)9-8(5-6)15-3-2-13-11(16)10(15)14-9;1-2/h4-5H,2-3H2,1H3,(H,13,16);1-2H3. The van der Waals surface area contributed by atoms with Gasteiger partial charge >= 0.3 is 0 Å². The molecular formula is C13H16FN3O. The molecule has 1 aromatic heterocycles. The van der Waals surface area contributed by atoms with Crippen molar-refractivity contribution in [1.82, 2.24) is 14.9 Å². The molecule has 1 aliphatic rings. The number of imidazole rings is 1. The van der Waals surface area contributed by atoms with Crippen LogP contribution in [0.4, 0.5) is 4.39 Å². The van der Waals surface area contributed by atoms with E-state index in [2.05, 4.69) is 10.3 Å². The Balaban J connectivity index is 0.000000574. The van der Waals surface area contributed by atoms with E-state index in [1.807, 2.05) is 26.8 Å². The minimum absolute atomic E-state index is 0.237. The smallest absolute Gasteiger partial charge is 0.287 e. The van der Waals surface area contributed by atoms with Crippen LogP contribution in [-0.4, -0.2) is 22.0 Å². The molecule has 2 heterocycles. The molecule has 4 nitrogen and oxygen atoms in total. The summed E-state index contributed by atoms with van der Waals surface area (Å²) < 4.78 is 15.4. The molecule has 0 fully saturated rings. The zero-order chi connectivity index (χ0) is 13.3. The fourth-order valence-electron chi connectivity index (χ4n) is 2.07. The molecule has 3 rings (SSSR count). The third-order valence-electron chi connectivity index (χ3n) is 2.78. The van der Waals surface area contributed by atoms with Gasteiger partial charge in [0.15, 0.2) is 11.6 Å². The lowest BCUT2D eigenvalue weighted by atomic mass is 10.2. The minimum Gasteiger partial charge on any atom is -0.348 e. The first-order valence-electron chi connectivity index (χ1n) is 6.11. The largest absolute Gasteiger partial charge is 0.348 e. The molecule has 1 aromatic carbocycles. The molecule has 0 aliphatic carbocycles. The van der Waals surface area contributed by atoms with E-state index in [1.165, 1.54) is 6.07 Å². The van der Waals surface area contributed by atoms with Gasteiger partial charge in [-0.25, -0.2) is 9.37 Å². The van der Waals surface area contributed by atoms with Gasteiger partial charge in [-0.15, -0.1) is 0 Å². The minimum atomic E-state index is -0.371. The summed E-state index contributed by atoms with van der Waals surface area (Å²) in [5.41, 5.74) is 1.80. The predicted molar refractivity (Wildman–Crippen MR) is 68.1 cm³/mol. The average molecular weight is 249 g/mol. The number of amides is 1. The van der Waals surface area contributed by atoms with Crippen LogP contribution < -0.4 is 5.32 Å². The number of nitrogens with zero attached hydrogens (tertiary/aromatic N) is 2. The molecule has 0 radical (unpaired) electrons. The first kappa shape index (κ1) is 12.5. The fraction of sp³-hybridized carbons (Fsp3) is 0.385. The molecule has 0 atom stereocenters. The van der Waals surface area contributed by atoms with Gasteiger partial charge in [0.2, 0.25) is 0 Å². The first-order chi connectivity index (χ1) is 8.66. The lowest BCUT2D eigenvalue weighted by molar-refractivity contribution is 0.0923. The van der Waals surface area contributed by atoms with Crippen molar-refractivity contribution in [2.24, 2.45) is 0 Å². The molecule has 0 unspecified atom stereocenters. The Morgan fingerprint density at radius 3 is 2.83 bits per heavy atom. The normalized spacial score (nSPS) is 13.7. The summed E-state index contributed by atoms with van der Waals surface area (Å²) in [6.45, 7) is 7.03.